The molecule has 34 heavy (non-hydrogen) atoms. The summed E-state index contributed by atoms with van der Waals surface area (Å²) in [7, 11) is 0. The van der Waals surface area contributed by atoms with Gasteiger partial charge in [0.25, 0.3) is 0 Å². The smallest absolute Gasteiger partial charge is 0.350 e. The molecule has 1 N–H and O–H groups in total. The summed E-state index contributed by atoms with van der Waals surface area (Å²) in [5, 5.41) is 12.1. The minimum absolute atomic E-state index is 0.0979. The van der Waals surface area contributed by atoms with E-state index in [1.807, 2.05) is 29.7 Å². The van der Waals surface area contributed by atoms with Gasteiger partial charge in [-0.25, -0.2) is 9.78 Å². The normalized spacial score (nSPS) is 10.7. The molecule has 0 spiro atoms. The first-order valence-corrected chi connectivity index (χ1v) is 12.4. The molecule has 0 radical (unpaired) electrons. The van der Waals surface area contributed by atoms with E-state index in [1.54, 1.807) is 19.9 Å². The van der Waals surface area contributed by atoms with Crippen molar-refractivity contribution in [1.29, 1.82) is 0 Å². The van der Waals surface area contributed by atoms with Crippen molar-refractivity contribution in [2.45, 2.75) is 46.0 Å². The molecule has 0 saturated carbocycles. The number of anilines is 1. The quantitative estimate of drug-likeness (QED) is 0.235. The molecular weight excluding hydrogens is 474 g/mol. The fraction of sp³-hybridized carbons (Fsp3) is 0.348. The average molecular weight is 502 g/mol. The van der Waals surface area contributed by atoms with Crippen LogP contribution >= 0.6 is 23.1 Å². The Labute approximate surface area is 206 Å². The van der Waals surface area contributed by atoms with E-state index in [9.17, 15) is 9.59 Å². The van der Waals surface area contributed by atoms with Crippen LogP contribution in [0.1, 0.15) is 39.2 Å². The van der Waals surface area contributed by atoms with E-state index < -0.39 is 5.97 Å². The number of amides is 1. The van der Waals surface area contributed by atoms with E-state index in [4.69, 9.17) is 9.47 Å². The number of aryl methyl sites for hydroxylation is 3. The molecule has 3 rings (SSSR count). The molecule has 3 aromatic rings. The highest BCUT2D eigenvalue weighted by molar-refractivity contribution is 7.99. The highest BCUT2D eigenvalue weighted by Gasteiger charge is 2.19. The first kappa shape index (κ1) is 25.4. The first-order chi connectivity index (χ1) is 16.3. The lowest BCUT2D eigenvalue weighted by atomic mass is 10.1. The number of carbonyl (C=O) groups is 2. The molecule has 0 unspecified atom stereocenters. The van der Waals surface area contributed by atoms with Crippen molar-refractivity contribution in [3.05, 3.63) is 58.4 Å². The van der Waals surface area contributed by atoms with Crippen molar-refractivity contribution in [3.8, 4) is 5.75 Å². The van der Waals surface area contributed by atoms with Gasteiger partial charge in [-0.15, -0.1) is 16.8 Å². The highest BCUT2D eigenvalue weighted by Crippen LogP contribution is 2.25. The number of nitrogens with one attached hydrogen (secondary N) is 1. The molecule has 0 bridgehead atoms. The Bertz CT molecular complexity index is 1190. The molecule has 0 saturated heterocycles. The number of ether oxygens (including phenoxy) is 2. The summed E-state index contributed by atoms with van der Waals surface area (Å²) in [5.41, 5.74) is 2.87. The average Bonchev–Trinajstić information content (AvgIpc) is 3.36. The van der Waals surface area contributed by atoms with Gasteiger partial charge in [0.15, 0.2) is 16.1 Å². The molecule has 11 heteroatoms. The van der Waals surface area contributed by atoms with E-state index in [1.165, 1.54) is 17.3 Å². The number of thiazole rings is 1. The Morgan fingerprint density at radius 3 is 2.74 bits per heavy atom. The second-order valence-electron chi connectivity index (χ2n) is 7.32. The number of thioether (sulfide) groups is 1. The molecule has 0 aliphatic carbocycles. The summed E-state index contributed by atoms with van der Waals surface area (Å²) in [6, 6.07) is 5.92. The number of hydrogen-bond acceptors (Lipinski definition) is 9. The van der Waals surface area contributed by atoms with E-state index in [0.29, 0.717) is 33.2 Å². The summed E-state index contributed by atoms with van der Waals surface area (Å²) >= 11 is 2.34. The van der Waals surface area contributed by atoms with Gasteiger partial charge in [0.05, 0.1) is 18.1 Å². The zero-order valence-electron chi connectivity index (χ0n) is 19.6. The zero-order valence-corrected chi connectivity index (χ0v) is 21.2. The van der Waals surface area contributed by atoms with Crippen LogP contribution in [-0.4, -0.2) is 44.0 Å². The van der Waals surface area contributed by atoms with Gasteiger partial charge < -0.3 is 14.8 Å². The van der Waals surface area contributed by atoms with E-state index in [2.05, 4.69) is 34.0 Å². The Morgan fingerprint density at radius 2 is 2.03 bits per heavy atom. The summed E-state index contributed by atoms with van der Waals surface area (Å²) in [6.45, 7) is 12.3. The van der Waals surface area contributed by atoms with Crippen molar-refractivity contribution >= 4 is 40.1 Å². The fourth-order valence-electron chi connectivity index (χ4n) is 2.92. The monoisotopic (exact) mass is 501 g/mol. The van der Waals surface area contributed by atoms with E-state index in [0.717, 1.165) is 22.6 Å². The third-order valence-electron chi connectivity index (χ3n) is 4.79. The molecule has 180 valence electrons. The first-order valence-electron chi connectivity index (χ1n) is 10.6. The number of hydrogen-bond donors (Lipinski definition) is 1. The second kappa shape index (κ2) is 11.8. The van der Waals surface area contributed by atoms with Crippen LogP contribution < -0.4 is 10.1 Å². The standard InChI is InChI=1S/C23H27N5O4S2/c1-6-10-28-18(12-32-17-9-8-14(3)15(4)11-17)26-27-23(28)33-13-19(29)25-22-24-16(5)20(34-22)21(30)31-7-2/h6,8-9,11H,1,7,10,12-13H2,2-5H3,(H,24,25,29). The van der Waals surface area contributed by atoms with Gasteiger partial charge in [0.1, 0.15) is 17.2 Å². The molecule has 1 amide bonds. The Morgan fingerprint density at radius 1 is 1.24 bits per heavy atom. The van der Waals surface area contributed by atoms with Crippen LogP contribution in [0.4, 0.5) is 5.13 Å². The number of rotatable bonds is 11. The third-order valence-corrected chi connectivity index (χ3v) is 6.81. The molecule has 0 atom stereocenters. The molecule has 9 nitrogen and oxygen atoms in total. The lowest BCUT2D eigenvalue weighted by Gasteiger charge is -2.10. The lowest BCUT2D eigenvalue weighted by molar-refractivity contribution is -0.113. The Balaban J connectivity index is 1.61. The summed E-state index contributed by atoms with van der Waals surface area (Å²) in [6.07, 6.45) is 1.74. The molecular formula is C23H27N5O4S2. The molecule has 2 heterocycles. The topological polar surface area (TPSA) is 108 Å². The van der Waals surface area contributed by atoms with Crippen LogP contribution in [0.15, 0.2) is 36.0 Å². The zero-order chi connectivity index (χ0) is 24.7. The Kier molecular flexibility index (Phi) is 8.83. The molecule has 2 aromatic heterocycles. The van der Waals surface area contributed by atoms with Crippen molar-refractivity contribution in [3.63, 3.8) is 0 Å². The van der Waals surface area contributed by atoms with Crippen molar-refractivity contribution < 1.29 is 19.1 Å². The van der Waals surface area contributed by atoms with Crippen LogP contribution in [0.2, 0.25) is 0 Å². The van der Waals surface area contributed by atoms with E-state index in [-0.39, 0.29) is 24.9 Å². The lowest BCUT2D eigenvalue weighted by Crippen LogP contribution is -2.15. The molecule has 1 aromatic carbocycles. The number of carbonyl (C=O) groups excluding carboxylic acids is 2. The van der Waals surface area contributed by atoms with Gasteiger partial charge in [0.2, 0.25) is 5.91 Å². The second-order valence-corrected chi connectivity index (χ2v) is 9.27. The number of aromatic nitrogens is 4. The molecule has 0 aliphatic heterocycles. The fourth-order valence-corrected chi connectivity index (χ4v) is 4.56. The summed E-state index contributed by atoms with van der Waals surface area (Å²) in [5.74, 6) is 0.776. The van der Waals surface area contributed by atoms with Gasteiger partial charge in [-0.2, -0.15) is 0 Å². The Hall–Kier alpha value is -3.18. The summed E-state index contributed by atoms with van der Waals surface area (Å²) in [4.78, 5) is 29.0. The van der Waals surface area contributed by atoms with Crippen molar-refractivity contribution in [2.75, 3.05) is 17.7 Å². The minimum atomic E-state index is -0.444. The SMILES string of the molecule is C=CCn1c(COc2ccc(C)c(C)c2)nnc1SCC(=O)Nc1nc(C)c(C(=O)OCC)s1. The third kappa shape index (κ3) is 6.45. The maximum Gasteiger partial charge on any atom is 0.350 e. The van der Waals surface area contributed by atoms with Crippen LogP contribution in [0.25, 0.3) is 0 Å². The highest BCUT2D eigenvalue weighted by atomic mass is 32.2. The number of benzene rings is 1. The predicted octanol–water partition coefficient (Wildman–Crippen LogP) is 4.33. The van der Waals surface area contributed by atoms with Crippen LogP contribution in [-0.2, 0) is 22.7 Å². The van der Waals surface area contributed by atoms with Gasteiger partial charge >= 0.3 is 5.97 Å². The van der Waals surface area contributed by atoms with Crippen LogP contribution in [0, 0.1) is 20.8 Å². The summed E-state index contributed by atoms with van der Waals surface area (Å²) < 4.78 is 12.8. The molecule has 0 aliphatic rings. The number of esters is 1. The largest absolute Gasteiger partial charge is 0.486 e. The predicted molar refractivity (Wildman–Crippen MR) is 133 cm³/mol. The van der Waals surface area contributed by atoms with Gasteiger partial charge in [-0.3, -0.25) is 9.36 Å². The number of allylic oxidation sites excluding steroid dienone is 1. The van der Waals surface area contributed by atoms with Gasteiger partial charge in [0, 0.05) is 6.54 Å². The van der Waals surface area contributed by atoms with Crippen LogP contribution in [0.3, 0.4) is 0 Å². The van der Waals surface area contributed by atoms with Gasteiger partial charge in [-0.05, 0) is 51.0 Å². The minimum Gasteiger partial charge on any atom is -0.486 e. The van der Waals surface area contributed by atoms with Gasteiger partial charge in [-0.1, -0.05) is 35.2 Å². The van der Waals surface area contributed by atoms with Crippen molar-refractivity contribution in [2.24, 2.45) is 0 Å². The maximum absolute atomic E-state index is 12.5. The van der Waals surface area contributed by atoms with Crippen molar-refractivity contribution in [1.82, 2.24) is 19.7 Å². The maximum atomic E-state index is 12.5. The van der Waals surface area contributed by atoms with E-state index >= 15 is 0 Å². The van der Waals surface area contributed by atoms with Crippen LogP contribution in [0.5, 0.6) is 5.75 Å². The molecule has 0 fully saturated rings. The number of nitrogens with zero attached hydrogens (tertiary/aromatic N) is 4.